The molecule has 0 bridgehead atoms. The number of rotatable bonds is 23. The molecule has 1 heterocycles. The number of amides is 2. The number of nitrogens with one attached hydrogen (secondary N) is 1. The molecule has 290 valence electrons. The highest BCUT2D eigenvalue weighted by atomic mass is 16.5. The lowest BCUT2D eigenvalue weighted by Crippen LogP contribution is -2.54. The number of likely N-dealkylation sites (N-methyl/N-ethyl adjacent to an activating group) is 2. The van der Waals surface area contributed by atoms with Crippen LogP contribution in [-0.4, -0.2) is 115 Å². The van der Waals surface area contributed by atoms with Gasteiger partial charge in [-0.15, -0.1) is 0 Å². The van der Waals surface area contributed by atoms with E-state index in [2.05, 4.69) is 5.32 Å². The highest BCUT2D eigenvalue weighted by Gasteiger charge is 2.43. The van der Waals surface area contributed by atoms with Gasteiger partial charge in [0.05, 0.1) is 42.9 Å². The summed E-state index contributed by atoms with van der Waals surface area (Å²) in [5.41, 5.74) is 0.769. The van der Waals surface area contributed by atoms with Crippen LogP contribution in [0.3, 0.4) is 0 Å². The molecule has 0 saturated carbocycles. The van der Waals surface area contributed by atoms with Gasteiger partial charge in [0, 0.05) is 59.1 Å². The van der Waals surface area contributed by atoms with Gasteiger partial charge < -0.3 is 34.8 Å². The molecule has 1 unspecified atom stereocenters. The molecule has 1 aliphatic heterocycles. The first-order valence-electron chi connectivity index (χ1n) is 18.9. The predicted octanol–water partition coefficient (Wildman–Crippen LogP) is 4.44. The lowest BCUT2D eigenvalue weighted by atomic mass is 9.83. The van der Waals surface area contributed by atoms with E-state index in [9.17, 15) is 29.4 Å². The summed E-state index contributed by atoms with van der Waals surface area (Å²) < 4.78 is 11.9. The Morgan fingerprint density at radius 2 is 1.63 bits per heavy atom. The standard InChI is InChI=1S/C40H67N3O8/c1-11-26(4)38(42(8)40(49)30(27(5)24-44)22-34(47)37(41-7)25(2)3)35(50-9)23-36(48)43-21-15-18-31(43)39(51-10)28(6)32(45)19-20-33(46)29-16-13-12-14-17-29/h12-14,16-17,25-28,30-31,33,35,37-39,41,44,46H,11,15,18-24H2,1-10H3/t26-,27?,28-,30-,31-,33+,35+,37-,38-,39+/m0/s1. The molecule has 0 spiro atoms. The molecular weight excluding hydrogens is 650 g/mol. The Hall–Kier alpha value is -2.70. The van der Waals surface area contributed by atoms with Crippen LogP contribution in [0.25, 0.3) is 0 Å². The van der Waals surface area contributed by atoms with Crippen LogP contribution in [0.2, 0.25) is 0 Å². The second kappa shape index (κ2) is 21.7. The Kier molecular flexibility index (Phi) is 18.9. The van der Waals surface area contributed by atoms with Gasteiger partial charge in [0.15, 0.2) is 5.78 Å². The SMILES string of the molecule is CC[C@H](C)[C@@H]([C@@H](CC(=O)N1CCC[C@H]1[C@H](OC)[C@@H](C)C(=O)CC[C@@H](O)c1ccccc1)OC)N(C)C(=O)[C@@H](CC(=O)[C@@H](NC)C(C)C)C(C)CO. The maximum Gasteiger partial charge on any atom is 0.226 e. The molecule has 11 heteroatoms. The van der Waals surface area contributed by atoms with Crippen molar-refractivity contribution in [3.63, 3.8) is 0 Å². The summed E-state index contributed by atoms with van der Waals surface area (Å²) >= 11 is 0. The van der Waals surface area contributed by atoms with E-state index in [-0.39, 0.29) is 67.1 Å². The number of hydrogen-bond acceptors (Lipinski definition) is 9. The Bertz CT molecular complexity index is 1230. The Balaban J connectivity index is 2.24. The molecule has 1 saturated heterocycles. The number of ketones is 2. The smallest absolute Gasteiger partial charge is 0.226 e. The van der Waals surface area contributed by atoms with E-state index in [4.69, 9.17) is 9.47 Å². The Morgan fingerprint density at radius 1 is 0.980 bits per heavy atom. The first-order chi connectivity index (χ1) is 24.2. The molecule has 0 aromatic heterocycles. The first kappa shape index (κ1) is 44.5. The number of carbonyl (C=O) groups excluding carboxylic acids is 4. The van der Waals surface area contributed by atoms with Crippen LogP contribution in [0.4, 0.5) is 0 Å². The summed E-state index contributed by atoms with van der Waals surface area (Å²) in [6.07, 6.45) is 0.805. The molecule has 1 aromatic rings. The minimum atomic E-state index is -0.740. The number of hydrogen-bond donors (Lipinski definition) is 3. The van der Waals surface area contributed by atoms with Crippen molar-refractivity contribution in [2.24, 2.45) is 29.6 Å². The van der Waals surface area contributed by atoms with Crippen molar-refractivity contribution >= 4 is 23.4 Å². The van der Waals surface area contributed by atoms with E-state index in [1.54, 1.807) is 45.0 Å². The third kappa shape index (κ3) is 11.9. The zero-order valence-electron chi connectivity index (χ0n) is 32.8. The van der Waals surface area contributed by atoms with Crippen LogP contribution in [0.15, 0.2) is 30.3 Å². The number of nitrogens with zero attached hydrogens (tertiary/aromatic N) is 2. The number of likely N-dealkylation sites (tertiary alicyclic amines) is 1. The molecule has 0 radical (unpaired) electrons. The molecule has 11 nitrogen and oxygen atoms in total. The molecule has 2 rings (SSSR count). The van der Waals surface area contributed by atoms with Crippen LogP contribution in [0.1, 0.15) is 98.2 Å². The Labute approximate surface area is 306 Å². The molecule has 10 atom stereocenters. The average molecular weight is 718 g/mol. The lowest BCUT2D eigenvalue weighted by molar-refractivity contribution is -0.149. The normalized spacial score (nSPS) is 20.2. The van der Waals surface area contributed by atoms with E-state index in [1.807, 2.05) is 65.0 Å². The molecule has 1 aliphatic rings. The molecule has 2 amide bonds. The average Bonchev–Trinajstić information content (AvgIpc) is 3.61. The fourth-order valence-electron chi connectivity index (χ4n) is 7.82. The number of methoxy groups -OCH3 is 2. The minimum Gasteiger partial charge on any atom is -0.396 e. The summed E-state index contributed by atoms with van der Waals surface area (Å²) in [6, 6.07) is 8.09. The summed E-state index contributed by atoms with van der Waals surface area (Å²) in [5, 5.41) is 23.8. The van der Waals surface area contributed by atoms with Gasteiger partial charge in [0.25, 0.3) is 0 Å². The first-order valence-corrected chi connectivity index (χ1v) is 18.9. The molecule has 1 aromatic carbocycles. The van der Waals surface area contributed by atoms with E-state index in [1.165, 1.54) is 0 Å². The maximum atomic E-state index is 14.2. The lowest BCUT2D eigenvalue weighted by Gasteiger charge is -2.41. The van der Waals surface area contributed by atoms with Crippen molar-refractivity contribution < 1.29 is 38.9 Å². The quantitative estimate of drug-likeness (QED) is 0.150. The van der Waals surface area contributed by atoms with Gasteiger partial charge in [-0.25, -0.2) is 0 Å². The van der Waals surface area contributed by atoms with Crippen LogP contribution in [0, 0.1) is 29.6 Å². The van der Waals surface area contributed by atoms with Crippen molar-refractivity contribution in [3.8, 4) is 0 Å². The molecule has 0 aliphatic carbocycles. The summed E-state index contributed by atoms with van der Waals surface area (Å²) in [7, 11) is 6.56. The van der Waals surface area contributed by atoms with E-state index >= 15 is 0 Å². The number of ether oxygens (including phenoxy) is 2. The van der Waals surface area contributed by atoms with E-state index in [0.29, 0.717) is 19.4 Å². The second-order valence-corrected chi connectivity index (χ2v) is 15.0. The zero-order valence-corrected chi connectivity index (χ0v) is 32.8. The van der Waals surface area contributed by atoms with Crippen molar-refractivity contribution in [1.29, 1.82) is 0 Å². The highest BCUT2D eigenvalue weighted by molar-refractivity contribution is 5.90. The molecule has 51 heavy (non-hydrogen) atoms. The predicted molar refractivity (Wildman–Crippen MR) is 199 cm³/mol. The van der Waals surface area contributed by atoms with Gasteiger partial charge in [0.1, 0.15) is 5.78 Å². The van der Waals surface area contributed by atoms with Gasteiger partial charge in [0.2, 0.25) is 11.8 Å². The fourth-order valence-corrected chi connectivity index (χ4v) is 7.82. The topological polar surface area (TPSA) is 146 Å². The molecule has 3 N–H and O–H groups in total. The monoisotopic (exact) mass is 717 g/mol. The fraction of sp³-hybridized carbons (Fsp3) is 0.750. The van der Waals surface area contributed by atoms with Crippen molar-refractivity contribution in [2.75, 3.05) is 41.5 Å². The summed E-state index contributed by atoms with van der Waals surface area (Å²) in [4.78, 5) is 58.4. The number of carbonyl (C=O) groups is 4. The van der Waals surface area contributed by atoms with Crippen LogP contribution < -0.4 is 5.32 Å². The molecular formula is C40H67N3O8. The van der Waals surface area contributed by atoms with Crippen LogP contribution in [-0.2, 0) is 28.7 Å². The summed E-state index contributed by atoms with van der Waals surface area (Å²) in [6.45, 7) is 11.8. The largest absolute Gasteiger partial charge is 0.396 e. The van der Waals surface area contributed by atoms with Crippen molar-refractivity contribution in [1.82, 2.24) is 15.1 Å². The van der Waals surface area contributed by atoms with Gasteiger partial charge in [-0.2, -0.15) is 0 Å². The summed E-state index contributed by atoms with van der Waals surface area (Å²) in [5.74, 6) is -2.17. The van der Waals surface area contributed by atoms with Crippen LogP contribution >= 0.6 is 0 Å². The van der Waals surface area contributed by atoms with Crippen molar-refractivity contribution in [3.05, 3.63) is 35.9 Å². The van der Waals surface area contributed by atoms with Crippen LogP contribution in [0.5, 0.6) is 0 Å². The highest BCUT2D eigenvalue weighted by Crippen LogP contribution is 2.31. The third-order valence-electron chi connectivity index (χ3n) is 11.2. The number of aliphatic hydroxyl groups excluding tert-OH is 2. The number of aliphatic hydroxyl groups is 2. The number of benzene rings is 1. The van der Waals surface area contributed by atoms with E-state index < -0.39 is 48.1 Å². The number of Topliss-reactive ketones (excluding diaryl/α,β-unsaturated/α-hetero) is 2. The zero-order chi connectivity index (χ0) is 38.4. The van der Waals surface area contributed by atoms with Crippen molar-refractivity contribution in [2.45, 2.75) is 123 Å². The minimum absolute atomic E-state index is 0.00558. The third-order valence-corrected chi connectivity index (χ3v) is 11.2. The molecule has 1 fully saturated rings. The van der Waals surface area contributed by atoms with Gasteiger partial charge in [-0.1, -0.05) is 78.3 Å². The second-order valence-electron chi connectivity index (χ2n) is 15.0. The van der Waals surface area contributed by atoms with E-state index in [0.717, 1.165) is 18.4 Å². The van der Waals surface area contributed by atoms with Gasteiger partial charge >= 0.3 is 0 Å². The van der Waals surface area contributed by atoms with Gasteiger partial charge in [-0.3, -0.25) is 19.2 Å². The van der Waals surface area contributed by atoms with Gasteiger partial charge in [-0.05, 0) is 49.6 Å². The maximum absolute atomic E-state index is 14.2. The Morgan fingerprint density at radius 3 is 2.16 bits per heavy atom.